The molecule has 1 N–H and O–H groups in total. The molecule has 0 amide bonds. The van der Waals surface area contributed by atoms with Crippen molar-refractivity contribution in [3.8, 4) is 5.75 Å². The predicted molar refractivity (Wildman–Crippen MR) is 74.6 cm³/mol. The first kappa shape index (κ1) is 12.8. The average Bonchev–Trinajstić information content (AvgIpc) is 2.59. The summed E-state index contributed by atoms with van der Waals surface area (Å²) >= 11 is 1.97. The third kappa shape index (κ3) is 3.39. The van der Waals surface area contributed by atoms with Crippen molar-refractivity contribution in [1.82, 2.24) is 5.32 Å². The molecule has 17 heavy (non-hydrogen) atoms. The molecule has 1 aromatic carbocycles. The quantitative estimate of drug-likeness (QED) is 0.887. The van der Waals surface area contributed by atoms with Gasteiger partial charge in [0, 0.05) is 11.3 Å². The zero-order valence-corrected chi connectivity index (χ0v) is 11.8. The third-order valence-electron chi connectivity index (χ3n) is 2.69. The van der Waals surface area contributed by atoms with Crippen molar-refractivity contribution in [3.63, 3.8) is 0 Å². The van der Waals surface area contributed by atoms with Crippen molar-refractivity contribution in [3.05, 3.63) is 29.8 Å². The molecular weight excluding hydrogens is 230 g/mol. The molecule has 1 atom stereocenters. The summed E-state index contributed by atoms with van der Waals surface area (Å²) in [6.07, 6.45) is 0.235. The number of hydrogen-bond donors (Lipinski definition) is 1. The fourth-order valence-corrected chi connectivity index (χ4v) is 3.32. The number of benzene rings is 1. The van der Waals surface area contributed by atoms with Crippen LogP contribution in [0.15, 0.2) is 24.3 Å². The molecule has 1 fully saturated rings. The van der Waals surface area contributed by atoms with E-state index in [0.29, 0.717) is 5.37 Å². The molecule has 1 aliphatic rings. The highest BCUT2D eigenvalue weighted by Crippen LogP contribution is 2.37. The van der Waals surface area contributed by atoms with E-state index in [4.69, 9.17) is 4.74 Å². The largest absolute Gasteiger partial charge is 0.491 e. The normalized spacial score (nSPS) is 23.0. The second-order valence-corrected chi connectivity index (χ2v) is 6.55. The maximum absolute atomic E-state index is 5.65. The summed E-state index contributed by atoms with van der Waals surface area (Å²) in [5.41, 5.74) is 1.57. The molecule has 0 radical (unpaired) electrons. The van der Waals surface area contributed by atoms with Gasteiger partial charge in [0.15, 0.2) is 0 Å². The van der Waals surface area contributed by atoms with Crippen molar-refractivity contribution < 1.29 is 4.74 Å². The lowest BCUT2D eigenvalue weighted by Crippen LogP contribution is -2.35. The number of thioether (sulfide) groups is 1. The van der Waals surface area contributed by atoms with Crippen LogP contribution in [0.5, 0.6) is 5.75 Å². The van der Waals surface area contributed by atoms with E-state index in [1.165, 1.54) is 5.56 Å². The zero-order valence-electron chi connectivity index (χ0n) is 11.0. The van der Waals surface area contributed by atoms with Crippen LogP contribution < -0.4 is 10.1 Å². The van der Waals surface area contributed by atoms with Gasteiger partial charge in [-0.25, -0.2) is 0 Å². The van der Waals surface area contributed by atoms with Crippen LogP contribution in [0, 0.1) is 0 Å². The van der Waals surface area contributed by atoms with Gasteiger partial charge in [-0.1, -0.05) is 12.1 Å². The SMILES string of the molecule is CC(C)Oc1ccc(C2NC(C)(C)CS2)cc1. The zero-order chi connectivity index (χ0) is 12.5. The Hall–Kier alpha value is -0.670. The molecule has 2 rings (SSSR count). The molecular formula is C14H21NOS. The van der Waals surface area contributed by atoms with Crippen LogP contribution in [0.4, 0.5) is 0 Å². The first-order chi connectivity index (χ1) is 7.96. The Kier molecular flexibility index (Phi) is 3.69. The first-order valence-electron chi connectivity index (χ1n) is 6.12. The Bertz CT molecular complexity index is 372. The van der Waals surface area contributed by atoms with E-state index in [2.05, 4.69) is 43.4 Å². The number of nitrogens with one attached hydrogen (secondary N) is 1. The molecule has 1 saturated heterocycles. The van der Waals surface area contributed by atoms with Gasteiger partial charge >= 0.3 is 0 Å². The fraction of sp³-hybridized carbons (Fsp3) is 0.571. The molecule has 0 aliphatic carbocycles. The summed E-state index contributed by atoms with van der Waals surface area (Å²) < 4.78 is 5.65. The highest BCUT2D eigenvalue weighted by Gasteiger charge is 2.31. The maximum atomic E-state index is 5.65. The summed E-state index contributed by atoms with van der Waals surface area (Å²) in [4.78, 5) is 0. The monoisotopic (exact) mass is 251 g/mol. The van der Waals surface area contributed by atoms with Crippen LogP contribution in [-0.4, -0.2) is 17.4 Å². The summed E-state index contributed by atoms with van der Waals surface area (Å²) in [7, 11) is 0. The highest BCUT2D eigenvalue weighted by molar-refractivity contribution is 7.99. The lowest BCUT2D eigenvalue weighted by atomic mass is 10.1. The minimum absolute atomic E-state index is 0.235. The third-order valence-corrected chi connectivity index (χ3v) is 4.30. The molecule has 1 aliphatic heterocycles. The Morgan fingerprint density at radius 3 is 2.41 bits per heavy atom. The summed E-state index contributed by atoms with van der Waals surface area (Å²) in [5, 5.41) is 4.04. The molecule has 0 spiro atoms. The molecule has 1 unspecified atom stereocenters. The Balaban J connectivity index is 2.03. The molecule has 1 aromatic rings. The van der Waals surface area contributed by atoms with Gasteiger partial charge in [-0.3, -0.25) is 5.32 Å². The first-order valence-corrected chi connectivity index (χ1v) is 7.17. The Morgan fingerprint density at radius 2 is 1.94 bits per heavy atom. The molecule has 94 valence electrons. The van der Waals surface area contributed by atoms with Crippen molar-refractivity contribution in [1.29, 1.82) is 0 Å². The van der Waals surface area contributed by atoms with Gasteiger partial charge < -0.3 is 4.74 Å². The van der Waals surface area contributed by atoms with E-state index in [1.54, 1.807) is 0 Å². The van der Waals surface area contributed by atoms with Crippen molar-refractivity contribution in [2.45, 2.75) is 44.7 Å². The minimum atomic E-state index is 0.235. The summed E-state index contributed by atoms with van der Waals surface area (Å²) in [6, 6.07) is 8.43. The Labute approximate surface area is 108 Å². The lowest BCUT2D eigenvalue weighted by Gasteiger charge is -2.19. The van der Waals surface area contributed by atoms with Gasteiger partial charge in [0.25, 0.3) is 0 Å². The minimum Gasteiger partial charge on any atom is -0.491 e. The molecule has 1 heterocycles. The van der Waals surface area contributed by atoms with Gasteiger partial charge in [0.1, 0.15) is 5.75 Å². The van der Waals surface area contributed by atoms with E-state index in [1.807, 2.05) is 25.6 Å². The number of rotatable bonds is 3. The summed E-state index contributed by atoms with van der Waals surface area (Å²) in [6.45, 7) is 8.59. The predicted octanol–water partition coefficient (Wildman–Crippen LogP) is 3.59. The number of hydrogen-bond acceptors (Lipinski definition) is 3. The molecule has 0 bridgehead atoms. The molecule has 3 heteroatoms. The van der Waals surface area contributed by atoms with Gasteiger partial charge in [0.05, 0.1) is 11.5 Å². The molecule has 0 aromatic heterocycles. The van der Waals surface area contributed by atoms with Crippen LogP contribution in [0.3, 0.4) is 0 Å². The van der Waals surface area contributed by atoms with Gasteiger partial charge in [-0.2, -0.15) is 0 Å². The molecule has 0 saturated carbocycles. The van der Waals surface area contributed by atoms with Crippen molar-refractivity contribution >= 4 is 11.8 Å². The highest BCUT2D eigenvalue weighted by atomic mass is 32.2. The maximum Gasteiger partial charge on any atom is 0.119 e. The van der Waals surface area contributed by atoms with E-state index in [0.717, 1.165) is 11.5 Å². The fourth-order valence-electron chi connectivity index (χ4n) is 1.90. The van der Waals surface area contributed by atoms with E-state index >= 15 is 0 Å². The van der Waals surface area contributed by atoms with Crippen LogP contribution in [0.1, 0.15) is 38.6 Å². The van der Waals surface area contributed by atoms with E-state index in [9.17, 15) is 0 Å². The van der Waals surface area contributed by atoms with Crippen LogP contribution in [-0.2, 0) is 0 Å². The second-order valence-electron chi connectivity index (χ2n) is 5.45. The number of ether oxygens (including phenoxy) is 1. The van der Waals surface area contributed by atoms with Crippen molar-refractivity contribution in [2.24, 2.45) is 0 Å². The van der Waals surface area contributed by atoms with Crippen LogP contribution in [0.2, 0.25) is 0 Å². The smallest absolute Gasteiger partial charge is 0.119 e. The molecule has 2 nitrogen and oxygen atoms in total. The second kappa shape index (κ2) is 4.91. The van der Waals surface area contributed by atoms with Gasteiger partial charge in [-0.15, -0.1) is 11.8 Å². The summed E-state index contributed by atoms with van der Waals surface area (Å²) in [5.74, 6) is 2.10. The van der Waals surface area contributed by atoms with E-state index < -0.39 is 0 Å². The Morgan fingerprint density at radius 1 is 1.29 bits per heavy atom. The van der Waals surface area contributed by atoms with Gasteiger partial charge in [-0.05, 0) is 45.4 Å². The van der Waals surface area contributed by atoms with Gasteiger partial charge in [0.2, 0.25) is 0 Å². The average molecular weight is 251 g/mol. The van der Waals surface area contributed by atoms with E-state index in [-0.39, 0.29) is 11.6 Å². The van der Waals surface area contributed by atoms with Crippen LogP contribution >= 0.6 is 11.8 Å². The van der Waals surface area contributed by atoms with Crippen LogP contribution in [0.25, 0.3) is 0 Å². The lowest BCUT2D eigenvalue weighted by molar-refractivity contribution is 0.242. The topological polar surface area (TPSA) is 21.3 Å². The standard InChI is InChI=1S/C14H21NOS/c1-10(2)16-12-7-5-11(6-8-12)13-15-14(3,4)9-17-13/h5-8,10,13,15H,9H2,1-4H3. The van der Waals surface area contributed by atoms with Crippen molar-refractivity contribution in [2.75, 3.05) is 5.75 Å².